The number of benzene rings is 2. The van der Waals surface area contributed by atoms with Gasteiger partial charge in [-0.25, -0.2) is 0 Å². The molecule has 2 aliphatic rings. The smallest absolute Gasteiger partial charge is 0.261 e. The second kappa shape index (κ2) is 5.54. The summed E-state index contributed by atoms with van der Waals surface area (Å²) >= 11 is 11.7. The summed E-state index contributed by atoms with van der Waals surface area (Å²) < 4.78 is 0. The van der Waals surface area contributed by atoms with Crippen molar-refractivity contribution in [1.82, 2.24) is 10.2 Å². The first kappa shape index (κ1) is 16.1. The molecule has 0 atom stereocenters. The lowest BCUT2D eigenvalue weighted by Gasteiger charge is -2.33. The van der Waals surface area contributed by atoms with E-state index in [9.17, 15) is 19.2 Å². The number of carbonyl (C=O) groups excluding carboxylic acids is 4. The Morgan fingerprint density at radius 3 is 1.60 bits per heavy atom. The van der Waals surface area contributed by atoms with Crippen LogP contribution < -0.4 is 5.32 Å². The van der Waals surface area contributed by atoms with E-state index in [4.69, 9.17) is 23.2 Å². The molecule has 0 unspecified atom stereocenters. The van der Waals surface area contributed by atoms with E-state index in [0.29, 0.717) is 10.8 Å². The largest absolute Gasteiger partial charge is 0.288 e. The summed E-state index contributed by atoms with van der Waals surface area (Å²) in [6, 6.07) is 5.29. The highest BCUT2D eigenvalue weighted by atomic mass is 35.5. The molecule has 0 saturated carbocycles. The number of amides is 4. The predicted molar refractivity (Wildman–Crippen MR) is 91.5 cm³/mol. The summed E-state index contributed by atoms with van der Waals surface area (Å²) in [7, 11) is 0. The summed E-state index contributed by atoms with van der Waals surface area (Å²) in [5, 5.41) is 2.90. The maximum absolute atomic E-state index is 12.9. The van der Waals surface area contributed by atoms with E-state index in [-0.39, 0.29) is 34.0 Å². The summed E-state index contributed by atoms with van der Waals surface area (Å²) in [6.07, 6.45) is 0. The van der Waals surface area contributed by atoms with Gasteiger partial charge in [0.15, 0.2) is 0 Å². The quantitative estimate of drug-likeness (QED) is 0.657. The number of alkyl halides is 2. The number of halogens is 2. The first-order valence-corrected chi connectivity index (χ1v) is 8.51. The SMILES string of the molecule is O=C1NC(=O)c2ccc3c4c(ccc1c24)C(=O)N(C(CCl)CCl)C3=O. The van der Waals surface area contributed by atoms with Gasteiger partial charge >= 0.3 is 0 Å². The average molecular weight is 377 g/mol. The molecule has 0 aliphatic carbocycles. The lowest BCUT2D eigenvalue weighted by atomic mass is 9.86. The van der Waals surface area contributed by atoms with Crippen LogP contribution in [0, 0.1) is 0 Å². The molecule has 25 heavy (non-hydrogen) atoms. The number of carbonyl (C=O) groups is 4. The molecule has 2 aliphatic heterocycles. The topological polar surface area (TPSA) is 83.6 Å². The molecule has 0 fully saturated rings. The monoisotopic (exact) mass is 376 g/mol. The molecule has 0 aromatic heterocycles. The number of rotatable bonds is 3. The third kappa shape index (κ3) is 2.04. The molecule has 0 spiro atoms. The van der Waals surface area contributed by atoms with Gasteiger partial charge in [0.25, 0.3) is 23.6 Å². The zero-order chi connectivity index (χ0) is 17.9. The molecule has 0 saturated heterocycles. The zero-order valence-corrected chi connectivity index (χ0v) is 14.1. The third-order valence-electron chi connectivity index (χ3n) is 4.50. The fourth-order valence-electron chi connectivity index (χ4n) is 3.33. The predicted octanol–water partition coefficient (Wildman–Crippen LogP) is 2.17. The second-order valence-electron chi connectivity index (χ2n) is 5.80. The molecule has 1 N–H and O–H groups in total. The van der Waals surface area contributed by atoms with Crippen molar-refractivity contribution in [3.05, 3.63) is 46.5 Å². The van der Waals surface area contributed by atoms with E-state index in [1.807, 2.05) is 0 Å². The highest BCUT2D eigenvalue weighted by molar-refractivity contribution is 6.33. The Labute approximate surface area is 151 Å². The molecule has 2 heterocycles. The molecular formula is C17H10Cl2N2O4. The molecular weight excluding hydrogens is 367 g/mol. The molecule has 4 amide bonds. The number of nitrogens with one attached hydrogen (secondary N) is 1. The molecule has 8 heteroatoms. The van der Waals surface area contributed by atoms with Crippen LogP contribution in [0.25, 0.3) is 10.8 Å². The lowest BCUT2D eigenvalue weighted by Crippen LogP contribution is -2.49. The van der Waals surface area contributed by atoms with E-state index in [0.717, 1.165) is 4.90 Å². The van der Waals surface area contributed by atoms with Gasteiger partial charge in [-0.3, -0.25) is 29.4 Å². The van der Waals surface area contributed by atoms with Crippen LogP contribution in [-0.4, -0.2) is 46.3 Å². The number of imide groups is 2. The molecule has 4 rings (SSSR count). The van der Waals surface area contributed by atoms with Gasteiger partial charge in [-0.15, -0.1) is 23.2 Å². The Bertz CT molecular complexity index is 929. The van der Waals surface area contributed by atoms with Crippen LogP contribution in [-0.2, 0) is 0 Å². The summed E-state index contributed by atoms with van der Waals surface area (Å²) in [4.78, 5) is 51.0. The minimum absolute atomic E-state index is 0.0104. The standard InChI is InChI=1S/C17H10Cl2N2O4/c18-5-7(6-19)21-16(24)10-3-1-8-12-9(15(23)20-14(8)22)2-4-11(13(10)12)17(21)25/h1-4,7H,5-6H2,(H,20,22,23). The first-order valence-electron chi connectivity index (χ1n) is 7.44. The molecule has 0 radical (unpaired) electrons. The second-order valence-corrected chi connectivity index (χ2v) is 6.41. The molecule has 6 nitrogen and oxygen atoms in total. The normalized spacial score (nSPS) is 16.0. The van der Waals surface area contributed by atoms with Crippen LogP contribution in [0.15, 0.2) is 24.3 Å². The Morgan fingerprint density at radius 2 is 1.16 bits per heavy atom. The fourth-order valence-corrected chi connectivity index (χ4v) is 3.94. The Hall–Kier alpha value is -2.44. The Balaban J connectivity index is 2.06. The van der Waals surface area contributed by atoms with Crippen LogP contribution >= 0.6 is 23.2 Å². The number of nitrogens with zero attached hydrogens (tertiary/aromatic N) is 1. The van der Waals surface area contributed by atoms with Crippen molar-refractivity contribution >= 4 is 57.6 Å². The van der Waals surface area contributed by atoms with Gasteiger partial charge in [0.1, 0.15) is 0 Å². The van der Waals surface area contributed by atoms with Crippen LogP contribution in [0.3, 0.4) is 0 Å². The van der Waals surface area contributed by atoms with E-state index in [1.165, 1.54) is 24.3 Å². The minimum Gasteiger partial charge on any atom is -0.288 e. The van der Waals surface area contributed by atoms with Crippen molar-refractivity contribution < 1.29 is 19.2 Å². The number of hydrogen-bond acceptors (Lipinski definition) is 4. The van der Waals surface area contributed by atoms with Gasteiger partial charge < -0.3 is 0 Å². The van der Waals surface area contributed by atoms with Crippen molar-refractivity contribution in [1.29, 1.82) is 0 Å². The summed E-state index contributed by atoms with van der Waals surface area (Å²) in [5.74, 6) is -2.16. The third-order valence-corrected chi connectivity index (χ3v) is 5.21. The van der Waals surface area contributed by atoms with E-state index < -0.39 is 29.7 Å². The van der Waals surface area contributed by atoms with E-state index >= 15 is 0 Å². The molecule has 2 aromatic rings. The minimum atomic E-state index is -0.649. The highest BCUT2D eigenvalue weighted by Gasteiger charge is 2.39. The van der Waals surface area contributed by atoms with Gasteiger partial charge in [0.05, 0.1) is 6.04 Å². The van der Waals surface area contributed by atoms with Gasteiger partial charge in [-0.05, 0) is 24.3 Å². The average Bonchev–Trinajstić information content (AvgIpc) is 2.61. The van der Waals surface area contributed by atoms with Gasteiger partial charge in [-0.1, -0.05) is 0 Å². The maximum atomic E-state index is 12.9. The maximum Gasteiger partial charge on any atom is 0.261 e. The zero-order valence-electron chi connectivity index (χ0n) is 12.6. The fraction of sp³-hybridized carbons (Fsp3) is 0.176. The van der Waals surface area contributed by atoms with Gasteiger partial charge in [0.2, 0.25) is 0 Å². The van der Waals surface area contributed by atoms with Crippen molar-refractivity contribution in [2.75, 3.05) is 11.8 Å². The number of hydrogen-bond donors (Lipinski definition) is 1. The highest BCUT2D eigenvalue weighted by Crippen LogP contribution is 2.36. The molecule has 0 bridgehead atoms. The van der Waals surface area contributed by atoms with Crippen molar-refractivity contribution in [3.63, 3.8) is 0 Å². The van der Waals surface area contributed by atoms with E-state index in [2.05, 4.69) is 5.32 Å². The van der Waals surface area contributed by atoms with Crippen molar-refractivity contribution in [2.24, 2.45) is 0 Å². The molecule has 126 valence electrons. The van der Waals surface area contributed by atoms with Crippen LogP contribution in [0.2, 0.25) is 0 Å². The van der Waals surface area contributed by atoms with Crippen molar-refractivity contribution in [3.8, 4) is 0 Å². The Kier molecular flexibility index (Phi) is 3.56. The summed E-state index contributed by atoms with van der Waals surface area (Å²) in [5.41, 5.74) is 1.02. The molecule has 2 aromatic carbocycles. The lowest BCUT2D eigenvalue weighted by molar-refractivity contribution is 0.0566. The van der Waals surface area contributed by atoms with Gasteiger partial charge in [-0.2, -0.15) is 0 Å². The van der Waals surface area contributed by atoms with Gasteiger partial charge in [0, 0.05) is 44.8 Å². The van der Waals surface area contributed by atoms with Crippen LogP contribution in [0.5, 0.6) is 0 Å². The Morgan fingerprint density at radius 1 is 0.760 bits per heavy atom. The first-order chi connectivity index (χ1) is 12.0. The van der Waals surface area contributed by atoms with Crippen LogP contribution in [0.1, 0.15) is 41.4 Å². The van der Waals surface area contributed by atoms with Crippen molar-refractivity contribution in [2.45, 2.75) is 6.04 Å². The summed E-state index contributed by atoms with van der Waals surface area (Å²) in [6.45, 7) is 0. The van der Waals surface area contributed by atoms with E-state index in [1.54, 1.807) is 0 Å². The van der Waals surface area contributed by atoms with Crippen LogP contribution in [0.4, 0.5) is 0 Å².